The van der Waals surface area contributed by atoms with Gasteiger partial charge in [0.1, 0.15) is 11.5 Å². The van der Waals surface area contributed by atoms with Gasteiger partial charge in [-0.15, -0.1) is 0 Å². The van der Waals surface area contributed by atoms with Gasteiger partial charge in [0.2, 0.25) is 0 Å². The highest BCUT2D eigenvalue weighted by Crippen LogP contribution is 2.24. The molecule has 0 saturated carbocycles. The third kappa shape index (κ3) is 4.72. The third-order valence-corrected chi connectivity index (χ3v) is 3.15. The van der Waals surface area contributed by atoms with Gasteiger partial charge >= 0.3 is 0 Å². The second kappa shape index (κ2) is 8.19. The predicted octanol–water partition coefficient (Wildman–Crippen LogP) is 3.57. The van der Waals surface area contributed by atoms with Crippen molar-refractivity contribution >= 4 is 29.5 Å². The fourth-order valence-corrected chi connectivity index (χ4v) is 2.10. The number of amides is 1. The highest BCUT2D eigenvalue weighted by Gasteiger charge is 2.10. The third-order valence-electron chi connectivity index (χ3n) is 2.92. The Hall–Kier alpha value is -2.53. The number of carbonyl (C=O) groups is 2. The molecule has 2 rings (SSSR count). The molecule has 0 spiro atoms. The molecule has 1 amide bonds. The molecule has 1 N–H and O–H groups in total. The van der Waals surface area contributed by atoms with Crippen LogP contribution in [0.25, 0.3) is 0 Å². The Morgan fingerprint density at radius 3 is 2.70 bits per heavy atom. The standard InChI is InChI=1S/C17H16ClNO4/c1-2-22-16-6-4-3-5-14(16)19-17(21)11-23-15-8-7-13(18)9-12(15)10-20/h3-10H,2,11H2,1H3,(H,19,21). The van der Waals surface area contributed by atoms with Crippen LogP contribution in [0.5, 0.6) is 11.5 Å². The molecule has 0 aliphatic rings. The molecular formula is C17H16ClNO4. The van der Waals surface area contributed by atoms with Gasteiger partial charge in [0.05, 0.1) is 17.9 Å². The molecule has 2 aromatic rings. The van der Waals surface area contributed by atoms with Gasteiger partial charge < -0.3 is 14.8 Å². The molecule has 120 valence electrons. The van der Waals surface area contributed by atoms with Crippen molar-refractivity contribution in [1.29, 1.82) is 0 Å². The summed E-state index contributed by atoms with van der Waals surface area (Å²) in [5.41, 5.74) is 0.856. The normalized spacial score (nSPS) is 10.0. The Morgan fingerprint density at radius 1 is 1.17 bits per heavy atom. The minimum atomic E-state index is -0.357. The van der Waals surface area contributed by atoms with Gasteiger partial charge in [-0.1, -0.05) is 23.7 Å². The molecule has 2 aromatic carbocycles. The van der Waals surface area contributed by atoms with E-state index in [1.54, 1.807) is 30.3 Å². The number of aldehydes is 1. The quantitative estimate of drug-likeness (QED) is 0.787. The summed E-state index contributed by atoms with van der Waals surface area (Å²) in [5.74, 6) is 0.532. The molecule has 0 aliphatic heterocycles. The molecule has 0 unspecified atom stereocenters. The molecule has 5 nitrogen and oxygen atoms in total. The summed E-state index contributed by atoms with van der Waals surface area (Å²) in [6.07, 6.45) is 0.628. The fraction of sp³-hybridized carbons (Fsp3) is 0.176. The molecule has 0 aromatic heterocycles. The molecule has 0 saturated heterocycles. The summed E-state index contributed by atoms with van der Waals surface area (Å²) < 4.78 is 10.8. The van der Waals surface area contributed by atoms with Crippen molar-refractivity contribution in [3.05, 3.63) is 53.1 Å². The fourth-order valence-electron chi connectivity index (χ4n) is 1.92. The molecule has 23 heavy (non-hydrogen) atoms. The minimum Gasteiger partial charge on any atom is -0.492 e. The predicted molar refractivity (Wildman–Crippen MR) is 88.6 cm³/mol. The Kier molecular flexibility index (Phi) is 6.00. The lowest BCUT2D eigenvalue weighted by Gasteiger charge is -2.12. The minimum absolute atomic E-state index is 0.233. The summed E-state index contributed by atoms with van der Waals surface area (Å²) in [5, 5.41) is 3.14. The maximum atomic E-state index is 12.0. The van der Waals surface area contributed by atoms with Gasteiger partial charge in [-0.2, -0.15) is 0 Å². The Morgan fingerprint density at radius 2 is 1.96 bits per heavy atom. The molecule has 0 heterocycles. The highest BCUT2D eigenvalue weighted by atomic mass is 35.5. The van der Waals surface area contributed by atoms with Crippen molar-refractivity contribution in [3.63, 3.8) is 0 Å². The molecule has 6 heteroatoms. The summed E-state index contributed by atoms with van der Waals surface area (Å²) in [6, 6.07) is 11.7. The molecule has 0 atom stereocenters. The van der Waals surface area contributed by atoms with E-state index in [0.29, 0.717) is 40.7 Å². The number of carbonyl (C=O) groups excluding carboxylic acids is 2. The zero-order valence-electron chi connectivity index (χ0n) is 12.5. The Labute approximate surface area is 139 Å². The average molecular weight is 334 g/mol. The van der Waals surface area contributed by atoms with Crippen LogP contribution >= 0.6 is 11.6 Å². The average Bonchev–Trinajstić information content (AvgIpc) is 2.55. The maximum absolute atomic E-state index is 12.0. The lowest BCUT2D eigenvalue weighted by atomic mass is 10.2. The zero-order valence-corrected chi connectivity index (χ0v) is 13.3. The highest BCUT2D eigenvalue weighted by molar-refractivity contribution is 6.30. The second-order valence-corrected chi connectivity index (χ2v) is 5.00. The van der Waals surface area contributed by atoms with Crippen molar-refractivity contribution in [2.24, 2.45) is 0 Å². The van der Waals surface area contributed by atoms with Gasteiger partial charge in [0.25, 0.3) is 5.91 Å². The maximum Gasteiger partial charge on any atom is 0.262 e. The van der Waals surface area contributed by atoms with Gasteiger partial charge in [-0.3, -0.25) is 9.59 Å². The van der Waals surface area contributed by atoms with Gasteiger partial charge in [0, 0.05) is 5.02 Å². The number of ether oxygens (including phenoxy) is 2. The van der Waals surface area contributed by atoms with E-state index in [1.165, 1.54) is 6.07 Å². The number of rotatable bonds is 7. The van der Waals surface area contributed by atoms with Crippen molar-refractivity contribution in [2.45, 2.75) is 6.92 Å². The largest absolute Gasteiger partial charge is 0.492 e. The summed E-state index contributed by atoms with van der Waals surface area (Å²) >= 11 is 5.81. The molecule has 0 fully saturated rings. The van der Waals surface area contributed by atoms with Gasteiger partial charge in [-0.25, -0.2) is 0 Å². The van der Waals surface area contributed by atoms with E-state index in [9.17, 15) is 9.59 Å². The lowest BCUT2D eigenvalue weighted by Crippen LogP contribution is -2.21. The van der Waals surface area contributed by atoms with E-state index in [0.717, 1.165) is 0 Å². The van der Waals surface area contributed by atoms with Crippen LogP contribution in [-0.4, -0.2) is 25.4 Å². The van der Waals surface area contributed by atoms with Crippen LogP contribution in [0.3, 0.4) is 0 Å². The number of anilines is 1. The van der Waals surface area contributed by atoms with Crippen LogP contribution in [-0.2, 0) is 4.79 Å². The number of benzene rings is 2. The smallest absolute Gasteiger partial charge is 0.262 e. The first kappa shape index (κ1) is 16.8. The zero-order chi connectivity index (χ0) is 16.7. The molecular weight excluding hydrogens is 318 g/mol. The van der Waals surface area contributed by atoms with E-state index >= 15 is 0 Å². The van der Waals surface area contributed by atoms with Crippen LogP contribution in [0, 0.1) is 0 Å². The number of nitrogens with one attached hydrogen (secondary N) is 1. The molecule has 0 aliphatic carbocycles. The van der Waals surface area contributed by atoms with Crippen LogP contribution in [0.1, 0.15) is 17.3 Å². The topological polar surface area (TPSA) is 64.6 Å². The van der Waals surface area contributed by atoms with Crippen LogP contribution in [0.4, 0.5) is 5.69 Å². The van der Waals surface area contributed by atoms with Crippen molar-refractivity contribution in [2.75, 3.05) is 18.5 Å². The summed E-state index contributed by atoms with van der Waals surface area (Å²) in [6.45, 7) is 2.13. The lowest BCUT2D eigenvalue weighted by molar-refractivity contribution is -0.118. The summed E-state index contributed by atoms with van der Waals surface area (Å²) in [4.78, 5) is 23.0. The number of hydrogen-bond donors (Lipinski definition) is 1. The van der Waals surface area contributed by atoms with Crippen molar-refractivity contribution in [1.82, 2.24) is 0 Å². The first-order valence-corrected chi connectivity index (χ1v) is 7.41. The SMILES string of the molecule is CCOc1ccccc1NC(=O)COc1ccc(Cl)cc1C=O. The Balaban J connectivity index is 2.00. The summed E-state index contributed by atoms with van der Waals surface area (Å²) in [7, 11) is 0. The molecule has 0 bridgehead atoms. The van der Waals surface area contributed by atoms with Gasteiger partial charge in [-0.05, 0) is 37.3 Å². The molecule has 0 radical (unpaired) electrons. The van der Waals surface area contributed by atoms with Gasteiger partial charge in [0.15, 0.2) is 12.9 Å². The number of para-hydroxylation sites is 2. The van der Waals surface area contributed by atoms with E-state index in [-0.39, 0.29) is 12.5 Å². The number of hydrogen-bond acceptors (Lipinski definition) is 4. The van der Waals surface area contributed by atoms with E-state index in [4.69, 9.17) is 21.1 Å². The van der Waals surface area contributed by atoms with Crippen LogP contribution in [0.2, 0.25) is 5.02 Å². The first-order valence-electron chi connectivity index (χ1n) is 7.03. The Bertz CT molecular complexity index is 703. The van der Waals surface area contributed by atoms with Crippen LogP contribution in [0.15, 0.2) is 42.5 Å². The van der Waals surface area contributed by atoms with E-state index < -0.39 is 0 Å². The van der Waals surface area contributed by atoms with Crippen LogP contribution < -0.4 is 14.8 Å². The van der Waals surface area contributed by atoms with Crippen molar-refractivity contribution in [3.8, 4) is 11.5 Å². The number of halogens is 1. The van der Waals surface area contributed by atoms with E-state index in [2.05, 4.69) is 5.32 Å². The first-order chi connectivity index (χ1) is 11.1. The monoisotopic (exact) mass is 333 g/mol. The van der Waals surface area contributed by atoms with E-state index in [1.807, 2.05) is 13.0 Å². The second-order valence-electron chi connectivity index (χ2n) is 4.57. The van der Waals surface area contributed by atoms with Crippen molar-refractivity contribution < 1.29 is 19.1 Å².